The van der Waals surface area contributed by atoms with Crippen LogP contribution in [0.15, 0.2) is 18.2 Å². The lowest BCUT2D eigenvalue weighted by atomic mass is 9.96. The number of benzene rings is 1. The predicted octanol–water partition coefficient (Wildman–Crippen LogP) is 3.57. The first-order valence-electron chi connectivity index (χ1n) is 8.28. The lowest BCUT2D eigenvalue weighted by Crippen LogP contribution is -2.43. The number of ether oxygens (including phenoxy) is 1. The summed E-state index contributed by atoms with van der Waals surface area (Å²) in [6.45, 7) is 9.77. The van der Waals surface area contributed by atoms with Crippen molar-refractivity contribution in [2.24, 2.45) is 0 Å². The van der Waals surface area contributed by atoms with Crippen molar-refractivity contribution < 1.29 is 4.74 Å². The lowest BCUT2D eigenvalue weighted by Gasteiger charge is -2.39. The van der Waals surface area contributed by atoms with E-state index in [1.807, 2.05) is 0 Å². The molecular weight excluding hydrogens is 260 g/mol. The predicted molar refractivity (Wildman–Crippen MR) is 88.7 cm³/mol. The monoisotopic (exact) mass is 290 g/mol. The molecule has 0 aliphatic carbocycles. The van der Waals surface area contributed by atoms with Crippen LogP contribution in [0.5, 0.6) is 5.75 Å². The Morgan fingerprint density at radius 1 is 1.24 bits per heavy atom. The van der Waals surface area contributed by atoms with E-state index in [4.69, 9.17) is 4.74 Å². The van der Waals surface area contributed by atoms with Crippen molar-refractivity contribution in [2.75, 3.05) is 13.7 Å². The highest BCUT2D eigenvalue weighted by Crippen LogP contribution is 2.28. The summed E-state index contributed by atoms with van der Waals surface area (Å²) in [7, 11) is 1.77. The number of nitrogens with one attached hydrogen (secondary N) is 1. The second-order valence-electron chi connectivity index (χ2n) is 6.23. The zero-order valence-corrected chi connectivity index (χ0v) is 14.0. The smallest absolute Gasteiger partial charge is 0.123 e. The van der Waals surface area contributed by atoms with Gasteiger partial charge in [0.2, 0.25) is 0 Å². The van der Waals surface area contributed by atoms with Gasteiger partial charge in [-0.05, 0) is 50.9 Å². The Labute approximate surface area is 129 Å². The molecule has 1 aliphatic heterocycles. The molecule has 0 radical (unpaired) electrons. The average Bonchev–Trinajstić information content (AvgIpc) is 2.49. The SMILES string of the molecule is CCNCc1ccc(OC)c(CN2[C@H](C)CCC[C@@H]2C)c1. The average molecular weight is 290 g/mol. The van der Waals surface area contributed by atoms with Gasteiger partial charge in [0.25, 0.3) is 0 Å². The van der Waals surface area contributed by atoms with Gasteiger partial charge in [-0.15, -0.1) is 0 Å². The maximum absolute atomic E-state index is 5.57. The van der Waals surface area contributed by atoms with Crippen molar-refractivity contribution in [3.05, 3.63) is 29.3 Å². The zero-order valence-electron chi connectivity index (χ0n) is 14.0. The van der Waals surface area contributed by atoms with Gasteiger partial charge in [-0.1, -0.05) is 19.4 Å². The summed E-state index contributed by atoms with van der Waals surface area (Å²) < 4.78 is 5.57. The van der Waals surface area contributed by atoms with E-state index in [1.54, 1.807) is 7.11 Å². The second-order valence-corrected chi connectivity index (χ2v) is 6.23. The third-order valence-electron chi connectivity index (χ3n) is 4.65. The van der Waals surface area contributed by atoms with Gasteiger partial charge < -0.3 is 10.1 Å². The minimum absolute atomic E-state index is 0.663. The fourth-order valence-electron chi connectivity index (χ4n) is 3.32. The molecular formula is C18H30N2O. The minimum Gasteiger partial charge on any atom is -0.496 e. The maximum Gasteiger partial charge on any atom is 0.123 e. The van der Waals surface area contributed by atoms with Crippen LogP contribution in [0.2, 0.25) is 0 Å². The molecule has 1 saturated heterocycles. The van der Waals surface area contributed by atoms with Crippen molar-refractivity contribution in [3.8, 4) is 5.75 Å². The van der Waals surface area contributed by atoms with Gasteiger partial charge in [0.05, 0.1) is 7.11 Å². The highest BCUT2D eigenvalue weighted by molar-refractivity contribution is 5.37. The summed E-state index contributed by atoms with van der Waals surface area (Å²) in [5, 5.41) is 3.40. The van der Waals surface area contributed by atoms with Crippen molar-refractivity contribution in [2.45, 2.75) is 65.2 Å². The molecule has 1 aromatic carbocycles. The minimum atomic E-state index is 0.663. The van der Waals surface area contributed by atoms with Crippen LogP contribution in [0, 0.1) is 0 Å². The summed E-state index contributed by atoms with van der Waals surface area (Å²) in [4.78, 5) is 2.62. The van der Waals surface area contributed by atoms with Gasteiger partial charge in [0.15, 0.2) is 0 Å². The third kappa shape index (κ3) is 4.21. The number of hydrogen-bond acceptors (Lipinski definition) is 3. The van der Waals surface area contributed by atoms with Crippen LogP contribution in [0.4, 0.5) is 0 Å². The normalized spacial score (nSPS) is 23.2. The molecule has 0 spiro atoms. The Hall–Kier alpha value is -1.06. The Balaban J connectivity index is 2.15. The molecule has 118 valence electrons. The summed E-state index contributed by atoms with van der Waals surface area (Å²) in [5.41, 5.74) is 2.65. The van der Waals surface area contributed by atoms with E-state index < -0.39 is 0 Å². The number of hydrogen-bond donors (Lipinski definition) is 1. The molecule has 0 bridgehead atoms. The molecule has 0 saturated carbocycles. The van der Waals surface area contributed by atoms with Gasteiger partial charge in [-0.2, -0.15) is 0 Å². The molecule has 0 unspecified atom stereocenters. The van der Waals surface area contributed by atoms with Gasteiger partial charge in [-0.3, -0.25) is 4.90 Å². The van der Waals surface area contributed by atoms with Crippen molar-refractivity contribution in [1.82, 2.24) is 10.2 Å². The Morgan fingerprint density at radius 3 is 2.57 bits per heavy atom. The van der Waals surface area contributed by atoms with Crippen LogP contribution in [0.1, 0.15) is 51.2 Å². The van der Waals surface area contributed by atoms with Crippen LogP contribution < -0.4 is 10.1 Å². The third-order valence-corrected chi connectivity index (χ3v) is 4.65. The van der Waals surface area contributed by atoms with E-state index in [-0.39, 0.29) is 0 Å². The summed E-state index contributed by atoms with van der Waals surface area (Å²) >= 11 is 0. The highest BCUT2D eigenvalue weighted by atomic mass is 16.5. The van der Waals surface area contributed by atoms with E-state index in [0.717, 1.165) is 25.4 Å². The molecule has 1 heterocycles. The number of likely N-dealkylation sites (tertiary alicyclic amines) is 1. The Morgan fingerprint density at radius 2 is 1.95 bits per heavy atom. The Kier molecular flexibility index (Phi) is 6.07. The van der Waals surface area contributed by atoms with Gasteiger partial charge in [0, 0.05) is 30.7 Å². The van der Waals surface area contributed by atoms with Gasteiger partial charge >= 0.3 is 0 Å². The van der Waals surface area contributed by atoms with Gasteiger partial charge in [0.1, 0.15) is 5.75 Å². The molecule has 0 aromatic heterocycles. The largest absolute Gasteiger partial charge is 0.496 e. The summed E-state index contributed by atoms with van der Waals surface area (Å²) in [5.74, 6) is 1.01. The van der Waals surface area contributed by atoms with E-state index in [2.05, 4.69) is 49.2 Å². The topological polar surface area (TPSA) is 24.5 Å². The maximum atomic E-state index is 5.57. The van der Waals surface area contributed by atoms with Gasteiger partial charge in [-0.25, -0.2) is 0 Å². The molecule has 3 nitrogen and oxygen atoms in total. The van der Waals surface area contributed by atoms with E-state index >= 15 is 0 Å². The number of nitrogens with zero attached hydrogens (tertiary/aromatic N) is 1. The molecule has 0 amide bonds. The first-order valence-corrected chi connectivity index (χ1v) is 8.28. The zero-order chi connectivity index (χ0) is 15.2. The molecule has 21 heavy (non-hydrogen) atoms. The second kappa shape index (κ2) is 7.81. The molecule has 1 aromatic rings. The van der Waals surface area contributed by atoms with E-state index in [9.17, 15) is 0 Å². The van der Waals surface area contributed by atoms with Crippen LogP contribution in [0.25, 0.3) is 0 Å². The Bertz CT molecular complexity index is 437. The van der Waals surface area contributed by atoms with Crippen molar-refractivity contribution in [3.63, 3.8) is 0 Å². The van der Waals surface area contributed by atoms with Crippen molar-refractivity contribution >= 4 is 0 Å². The molecule has 2 rings (SSSR count). The summed E-state index contributed by atoms with van der Waals surface area (Å²) in [6, 6.07) is 7.90. The van der Waals surface area contributed by atoms with Crippen LogP contribution in [0.3, 0.4) is 0 Å². The number of rotatable bonds is 6. The number of piperidine rings is 1. The standard InChI is InChI=1S/C18H30N2O/c1-5-19-12-16-9-10-18(21-4)17(11-16)13-20-14(2)7-6-8-15(20)3/h9-11,14-15,19H,5-8,12-13H2,1-4H3/t14-,15+. The van der Waals surface area contributed by atoms with E-state index in [1.165, 1.54) is 30.4 Å². The molecule has 2 atom stereocenters. The molecule has 3 heteroatoms. The molecule has 1 aliphatic rings. The fraction of sp³-hybridized carbons (Fsp3) is 0.667. The highest BCUT2D eigenvalue weighted by Gasteiger charge is 2.25. The van der Waals surface area contributed by atoms with Crippen LogP contribution in [-0.4, -0.2) is 30.6 Å². The van der Waals surface area contributed by atoms with Crippen LogP contribution in [-0.2, 0) is 13.1 Å². The lowest BCUT2D eigenvalue weighted by molar-refractivity contribution is 0.0943. The first-order chi connectivity index (χ1) is 10.2. The molecule has 1 N–H and O–H groups in total. The number of methoxy groups -OCH3 is 1. The quantitative estimate of drug-likeness (QED) is 0.867. The first kappa shape index (κ1) is 16.3. The fourth-order valence-corrected chi connectivity index (χ4v) is 3.32. The van der Waals surface area contributed by atoms with Crippen molar-refractivity contribution in [1.29, 1.82) is 0 Å². The van der Waals surface area contributed by atoms with E-state index in [0.29, 0.717) is 12.1 Å². The van der Waals surface area contributed by atoms with Crippen LogP contribution >= 0.6 is 0 Å². The molecule has 1 fully saturated rings. The summed E-state index contributed by atoms with van der Waals surface area (Å²) in [6.07, 6.45) is 3.98.